The minimum absolute atomic E-state index is 0.0108. The summed E-state index contributed by atoms with van der Waals surface area (Å²) in [5.41, 5.74) is 0.820. The summed E-state index contributed by atoms with van der Waals surface area (Å²) in [6.45, 7) is 5.83. The number of amides is 1. The van der Waals surface area contributed by atoms with Crippen molar-refractivity contribution in [2.24, 2.45) is 5.10 Å². The molecule has 1 saturated heterocycles. The van der Waals surface area contributed by atoms with Crippen molar-refractivity contribution in [3.63, 3.8) is 0 Å². The van der Waals surface area contributed by atoms with E-state index in [9.17, 15) is 4.79 Å². The summed E-state index contributed by atoms with van der Waals surface area (Å²) >= 11 is 5.14. The van der Waals surface area contributed by atoms with Crippen molar-refractivity contribution in [3.8, 4) is 11.5 Å². The van der Waals surface area contributed by atoms with E-state index < -0.39 is 0 Å². The van der Waals surface area contributed by atoms with E-state index in [1.807, 2.05) is 30.9 Å². The van der Waals surface area contributed by atoms with Crippen molar-refractivity contribution in [3.05, 3.63) is 34.4 Å². The van der Waals surface area contributed by atoms with Crippen molar-refractivity contribution < 1.29 is 14.3 Å². The monoisotopic (exact) mass is 403 g/mol. The first-order chi connectivity index (χ1) is 13.6. The molecule has 9 heteroatoms. The normalized spacial score (nSPS) is 14.4. The van der Waals surface area contributed by atoms with Crippen LogP contribution in [0.4, 0.5) is 0 Å². The summed E-state index contributed by atoms with van der Waals surface area (Å²) in [4.78, 5) is 14.2. The Kier molecular flexibility index (Phi) is 6.80. The topological polar surface area (TPSA) is 84.7 Å². The number of hydrogen-bond donors (Lipinski definition) is 1. The molecule has 3 rings (SSSR count). The summed E-state index contributed by atoms with van der Waals surface area (Å²) in [5, 5.41) is 11.0. The third-order valence-electron chi connectivity index (χ3n) is 4.46. The van der Waals surface area contributed by atoms with E-state index in [4.69, 9.17) is 21.7 Å². The molecule has 1 aliphatic rings. The van der Waals surface area contributed by atoms with Gasteiger partial charge in [-0.15, -0.1) is 0 Å². The average Bonchev–Trinajstić information content (AvgIpc) is 3.04. The number of rotatable bonds is 7. The molecule has 0 atom stereocenters. The van der Waals surface area contributed by atoms with Gasteiger partial charge in [0.2, 0.25) is 4.77 Å². The molecule has 1 amide bonds. The zero-order valence-corrected chi connectivity index (χ0v) is 17.0. The zero-order valence-electron chi connectivity index (χ0n) is 16.2. The fraction of sp³-hybridized carbons (Fsp3) is 0.474. The van der Waals surface area contributed by atoms with Crippen LogP contribution in [0.15, 0.2) is 23.3 Å². The van der Waals surface area contributed by atoms with Crippen molar-refractivity contribution in [2.75, 3.05) is 26.3 Å². The van der Waals surface area contributed by atoms with Gasteiger partial charge in [-0.2, -0.15) is 14.9 Å². The van der Waals surface area contributed by atoms with Gasteiger partial charge in [0.25, 0.3) is 5.91 Å². The van der Waals surface area contributed by atoms with Crippen LogP contribution < -0.4 is 9.47 Å². The molecule has 1 fully saturated rings. The van der Waals surface area contributed by atoms with Gasteiger partial charge in [-0.1, -0.05) is 0 Å². The molecule has 1 aromatic heterocycles. The summed E-state index contributed by atoms with van der Waals surface area (Å²) < 4.78 is 13.4. The van der Waals surface area contributed by atoms with Crippen LogP contribution in [0.3, 0.4) is 0 Å². The van der Waals surface area contributed by atoms with Gasteiger partial charge in [0.05, 0.1) is 12.8 Å². The second-order valence-electron chi connectivity index (χ2n) is 6.50. The third-order valence-corrected chi connectivity index (χ3v) is 4.73. The van der Waals surface area contributed by atoms with E-state index >= 15 is 0 Å². The SMILES string of the molecule is CCOc1cc(/C=N\n2c(C)n[nH]c2=S)ccc1OCC(=O)N1CCCCC1. The fourth-order valence-corrected chi connectivity index (χ4v) is 3.22. The van der Waals surface area contributed by atoms with E-state index in [1.54, 1.807) is 12.3 Å². The number of carbonyl (C=O) groups excluding carboxylic acids is 1. The molecule has 1 N–H and O–H groups in total. The summed E-state index contributed by atoms with van der Waals surface area (Å²) in [6.07, 6.45) is 4.98. The maximum atomic E-state index is 12.3. The van der Waals surface area contributed by atoms with E-state index in [-0.39, 0.29) is 12.5 Å². The molecule has 2 heterocycles. The number of aromatic amines is 1. The van der Waals surface area contributed by atoms with Crippen LogP contribution in [-0.4, -0.2) is 58.2 Å². The van der Waals surface area contributed by atoms with Crippen molar-refractivity contribution in [1.82, 2.24) is 19.8 Å². The Morgan fingerprint density at radius 2 is 2.07 bits per heavy atom. The van der Waals surface area contributed by atoms with Gasteiger partial charge in [-0.3, -0.25) is 9.89 Å². The predicted molar refractivity (Wildman–Crippen MR) is 109 cm³/mol. The Morgan fingerprint density at radius 1 is 1.29 bits per heavy atom. The summed E-state index contributed by atoms with van der Waals surface area (Å²) in [7, 11) is 0. The van der Waals surface area contributed by atoms with Crippen molar-refractivity contribution in [1.29, 1.82) is 0 Å². The zero-order chi connectivity index (χ0) is 19.9. The van der Waals surface area contributed by atoms with Crippen LogP contribution in [0.2, 0.25) is 0 Å². The minimum Gasteiger partial charge on any atom is -0.490 e. The van der Waals surface area contributed by atoms with Crippen LogP contribution in [0.1, 0.15) is 37.6 Å². The fourth-order valence-electron chi connectivity index (χ4n) is 3.00. The Balaban J connectivity index is 1.70. The Morgan fingerprint density at radius 3 is 2.75 bits per heavy atom. The van der Waals surface area contributed by atoms with Gasteiger partial charge >= 0.3 is 0 Å². The summed E-state index contributed by atoms with van der Waals surface area (Å²) in [5.74, 6) is 1.80. The number of aromatic nitrogens is 3. The maximum absolute atomic E-state index is 12.3. The van der Waals surface area contributed by atoms with Gasteiger partial charge in [-0.25, -0.2) is 0 Å². The Hall–Kier alpha value is -2.68. The molecule has 0 radical (unpaired) electrons. The molecule has 150 valence electrons. The lowest BCUT2D eigenvalue weighted by Crippen LogP contribution is -2.38. The standard InChI is InChI=1S/C19H25N5O3S/c1-3-26-17-11-15(12-20-24-14(2)21-22-19(24)28)7-8-16(17)27-13-18(25)23-9-5-4-6-10-23/h7-8,11-12H,3-6,9-10,13H2,1-2H3,(H,22,28)/b20-12-. The smallest absolute Gasteiger partial charge is 0.260 e. The van der Waals surface area contributed by atoms with Crippen LogP contribution in [-0.2, 0) is 4.79 Å². The number of aryl methyl sites for hydroxylation is 1. The Bertz CT molecular complexity index is 899. The molecule has 0 bridgehead atoms. The highest BCUT2D eigenvalue weighted by molar-refractivity contribution is 7.71. The lowest BCUT2D eigenvalue weighted by Gasteiger charge is -2.26. The molecule has 0 unspecified atom stereocenters. The average molecular weight is 404 g/mol. The quantitative estimate of drug-likeness (QED) is 0.568. The lowest BCUT2D eigenvalue weighted by molar-refractivity contribution is -0.134. The van der Waals surface area contributed by atoms with Gasteiger partial charge in [0, 0.05) is 13.1 Å². The summed E-state index contributed by atoms with van der Waals surface area (Å²) in [6, 6.07) is 5.47. The predicted octanol–water partition coefficient (Wildman–Crippen LogP) is 2.92. The van der Waals surface area contributed by atoms with E-state index in [2.05, 4.69) is 15.3 Å². The maximum Gasteiger partial charge on any atom is 0.260 e. The first kappa shape index (κ1) is 20.1. The van der Waals surface area contributed by atoms with Gasteiger partial charge in [0.1, 0.15) is 5.82 Å². The minimum atomic E-state index is 0.0108. The number of likely N-dealkylation sites (tertiary alicyclic amines) is 1. The molecule has 2 aromatic rings. The largest absolute Gasteiger partial charge is 0.490 e. The third kappa shape index (κ3) is 4.98. The molecule has 1 aliphatic heterocycles. The molecule has 1 aromatic carbocycles. The number of piperidine rings is 1. The van der Waals surface area contributed by atoms with E-state index in [1.165, 1.54) is 11.1 Å². The first-order valence-electron chi connectivity index (χ1n) is 9.44. The Labute approximate surface area is 169 Å². The molecule has 0 aliphatic carbocycles. The number of benzene rings is 1. The van der Waals surface area contributed by atoms with Crippen molar-refractivity contribution >= 4 is 24.3 Å². The molecule has 0 spiro atoms. The molecule has 0 saturated carbocycles. The number of nitrogens with one attached hydrogen (secondary N) is 1. The molecular weight excluding hydrogens is 378 g/mol. The van der Waals surface area contributed by atoms with Gasteiger partial charge in [-0.05, 0) is 69.1 Å². The number of hydrogen-bond acceptors (Lipinski definition) is 6. The lowest BCUT2D eigenvalue weighted by atomic mass is 10.1. The molecule has 28 heavy (non-hydrogen) atoms. The molecule has 8 nitrogen and oxygen atoms in total. The van der Waals surface area contributed by atoms with Crippen LogP contribution >= 0.6 is 12.2 Å². The highest BCUT2D eigenvalue weighted by atomic mass is 32.1. The van der Waals surface area contributed by atoms with Crippen LogP contribution in [0, 0.1) is 11.7 Å². The van der Waals surface area contributed by atoms with Gasteiger partial charge < -0.3 is 14.4 Å². The van der Waals surface area contributed by atoms with E-state index in [0.29, 0.717) is 28.7 Å². The second kappa shape index (κ2) is 9.50. The van der Waals surface area contributed by atoms with E-state index in [0.717, 1.165) is 31.5 Å². The van der Waals surface area contributed by atoms with Gasteiger partial charge in [0.15, 0.2) is 18.1 Å². The highest BCUT2D eigenvalue weighted by Gasteiger charge is 2.17. The number of H-pyrrole nitrogens is 1. The molecular formula is C19H25N5O3S. The second-order valence-corrected chi connectivity index (χ2v) is 6.89. The number of nitrogens with zero attached hydrogens (tertiary/aromatic N) is 4. The highest BCUT2D eigenvalue weighted by Crippen LogP contribution is 2.28. The van der Waals surface area contributed by atoms with Crippen LogP contribution in [0.5, 0.6) is 11.5 Å². The number of carbonyl (C=O) groups is 1. The van der Waals surface area contributed by atoms with Crippen molar-refractivity contribution in [2.45, 2.75) is 33.1 Å². The van der Waals surface area contributed by atoms with Crippen LogP contribution in [0.25, 0.3) is 0 Å². The first-order valence-corrected chi connectivity index (χ1v) is 9.85. The number of ether oxygens (including phenoxy) is 2.